The molecule has 1 aromatic rings. The minimum Gasteiger partial charge on any atom is -0.494 e. The highest BCUT2D eigenvalue weighted by molar-refractivity contribution is 14.1. The van der Waals surface area contributed by atoms with Crippen LogP contribution in [0, 0.1) is 14.9 Å². The molecule has 0 saturated heterocycles. The highest BCUT2D eigenvalue weighted by atomic mass is 127. The van der Waals surface area contributed by atoms with Crippen molar-refractivity contribution in [2.45, 2.75) is 13.3 Å². The van der Waals surface area contributed by atoms with Crippen LogP contribution in [0.5, 0.6) is 5.75 Å². The number of nitrogens with zero attached hydrogens (tertiary/aromatic N) is 1. The summed E-state index contributed by atoms with van der Waals surface area (Å²) in [6, 6.07) is 5.63. The molecule has 0 atom stereocenters. The van der Waals surface area contributed by atoms with Gasteiger partial charge in [0.2, 0.25) is 0 Å². The van der Waals surface area contributed by atoms with E-state index < -0.39 is 0 Å². The molecule has 5 heteroatoms. The first kappa shape index (κ1) is 13.8. The lowest BCUT2D eigenvalue weighted by atomic mass is 10.0. The standard InChI is InChI=1S/C12H12INO3/c1-3-17-11(15)6-8-4-5-10(13)12(16-2)9(8)7-14/h4-5H,3,6H2,1-2H3. The predicted octanol–water partition coefficient (Wildman–Crippen LogP) is 2.28. The first-order chi connectivity index (χ1) is 8.13. The van der Waals surface area contributed by atoms with Gasteiger partial charge in [-0.15, -0.1) is 0 Å². The number of carbonyl (C=O) groups excluding carboxylic acids is 1. The molecule has 17 heavy (non-hydrogen) atoms. The van der Waals surface area contributed by atoms with E-state index >= 15 is 0 Å². The molecule has 0 amide bonds. The van der Waals surface area contributed by atoms with Gasteiger partial charge in [-0.2, -0.15) is 5.26 Å². The third-order valence-corrected chi connectivity index (χ3v) is 3.00. The molecule has 0 bridgehead atoms. The highest BCUT2D eigenvalue weighted by Gasteiger charge is 2.15. The van der Waals surface area contributed by atoms with Crippen LogP contribution in [0.15, 0.2) is 12.1 Å². The summed E-state index contributed by atoms with van der Waals surface area (Å²) in [6.45, 7) is 2.08. The number of ether oxygens (including phenoxy) is 2. The molecular weight excluding hydrogens is 333 g/mol. The van der Waals surface area contributed by atoms with Crippen LogP contribution in [0.3, 0.4) is 0 Å². The summed E-state index contributed by atoms with van der Waals surface area (Å²) in [5.41, 5.74) is 1.02. The quantitative estimate of drug-likeness (QED) is 0.621. The molecule has 0 radical (unpaired) electrons. The second-order valence-electron chi connectivity index (χ2n) is 3.21. The molecule has 0 unspecified atom stereocenters. The fourth-order valence-electron chi connectivity index (χ4n) is 1.43. The van der Waals surface area contributed by atoms with Crippen molar-refractivity contribution in [1.29, 1.82) is 5.26 Å². The summed E-state index contributed by atoms with van der Waals surface area (Å²) < 4.78 is 10.9. The predicted molar refractivity (Wildman–Crippen MR) is 70.8 cm³/mol. The summed E-state index contributed by atoms with van der Waals surface area (Å²) in [5.74, 6) is 0.169. The molecule has 1 rings (SSSR count). The van der Waals surface area contributed by atoms with Gasteiger partial charge >= 0.3 is 5.97 Å². The second kappa shape index (κ2) is 6.45. The van der Waals surface area contributed by atoms with Crippen LogP contribution in [0.4, 0.5) is 0 Å². The van der Waals surface area contributed by atoms with Gasteiger partial charge in [-0.1, -0.05) is 6.07 Å². The maximum absolute atomic E-state index is 11.4. The molecule has 0 spiro atoms. The summed E-state index contributed by atoms with van der Waals surface area (Å²) in [7, 11) is 1.51. The Morgan fingerprint density at radius 3 is 2.76 bits per heavy atom. The van der Waals surface area contributed by atoms with E-state index in [9.17, 15) is 4.79 Å². The van der Waals surface area contributed by atoms with Gasteiger partial charge in [-0.3, -0.25) is 4.79 Å². The summed E-state index contributed by atoms with van der Waals surface area (Å²) in [5, 5.41) is 9.11. The smallest absolute Gasteiger partial charge is 0.310 e. The van der Waals surface area contributed by atoms with Gasteiger partial charge < -0.3 is 9.47 Å². The minimum atomic E-state index is -0.340. The lowest BCUT2D eigenvalue weighted by Crippen LogP contribution is -2.09. The zero-order valence-electron chi connectivity index (χ0n) is 9.62. The van der Waals surface area contributed by atoms with Crippen molar-refractivity contribution in [1.82, 2.24) is 0 Å². The zero-order valence-corrected chi connectivity index (χ0v) is 11.8. The van der Waals surface area contributed by atoms with Crippen LogP contribution >= 0.6 is 22.6 Å². The van der Waals surface area contributed by atoms with Gasteiger partial charge in [0.05, 0.1) is 29.3 Å². The Bertz CT molecular complexity index is 466. The molecule has 0 aliphatic carbocycles. The number of halogens is 1. The van der Waals surface area contributed by atoms with Gasteiger partial charge in [0.1, 0.15) is 11.8 Å². The van der Waals surface area contributed by atoms with Crippen LogP contribution in [0.2, 0.25) is 0 Å². The molecule has 0 aromatic heterocycles. The summed E-state index contributed by atoms with van der Waals surface area (Å²) in [4.78, 5) is 11.4. The Morgan fingerprint density at radius 1 is 1.53 bits per heavy atom. The van der Waals surface area contributed by atoms with E-state index in [0.717, 1.165) is 3.57 Å². The molecule has 0 aliphatic rings. The molecule has 0 fully saturated rings. The van der Waals surface area contributed by atoms with Crippen molar-refractivity contribution in [3.63, 3.8) is 0 Å². The number of carbonyl (C=O) groups is 1. The maximum Gasteiger partial charge on any atom is 0.310 e. The van der Waals surface area contributed by atoms with Crippen molar-refractivity contribution >= 4 is 28.6 Å². The number of hydrogen-bond donors (Lipinski definition) is 0. The van der Waals surface area contributed by atoms with E-state index in [1.807, 2.05) is 6.07 Å². The summed E-state index contributed by atoms with van der Waals surface area (Å²) in [6.07, 6.45) is 0.0873. The number of esters is 1. The number of methoxy groups -OCH3 is 1. The van der Waals surface area contributed by atoms with Crippen molar-refractivity contribution in [2.24, 2.45) is 0 Å². The van der Waals surface area contributed by atoms with Gasteiger partial charge in [-0.25, -0.2) is 0 Å². The van der Waals surface area contributed by atoms with Crippen molar-refractivity contribution in [2.75, 3.05) is 13.7 Å². The Kier molecular flexibility index (Phi) is 5.22. The van der Waals surface area contributed by atoms with Gasteiger partial charge in [0.25, 0.3) is 0 Å². The van der Waals surface area contributed by atoms with E-state index in [1.165, 1.54) is 7.11 Å². The van der Waals surface area contributed by atoms with Crippen LogP contribution in [-0.2, 0) is 16.0 Å². The average Bonchev–Trinajstić information content (AvgIpc) is 2.31. The average molecular weight is 345 g/mol. The lowest BCUT2D eigenvalue weighted by Gasteiger charge is -2.10. The normalized spacial score (nSPS) is 9.53. The van der Waals surface area contributed by atoms with E-state index in [0.29, 0.717) is 23.5 Å². The van der Waals surface area contributed by atoms with E-state index in [-0.39, 0.29) is 12.4 Å². The van der Waals surface area contributed by atoms with Crippen LogP contribution in [0.1, 0.15) is 18.1 Å². The SMILES string of the molecule is CCOC(=O)Cc1ccc(I)c(OC)c1C#N. The van der Waals surface area contributed by atoms with Gasteiger partial charge in [-0.05, 0) is 41.1 Å². The molecule has 90 valence electrons. The molecule has 0 heterocycles. The second-order valence-corrected chi connectivity index (χ2v) is 4.37. The monoisotopic (exact) mass is 345 g/mol. The Morgan fingerprint density at radius 2 is 2.24 bits per heavy atom. The third-order valence-electron chi connectivity index (χ3n) is 2.15. The van der Waals surface area contributed by atoms with Crippen molar-refractivity contribution in [3.05, 3.63) is 26.8 Å². The van der Waals surface area contributed by atoms with Crippen molar-refractivity contribution < 1.29 is 14.3 Å². The molecule has 0 saturated carbocycles. The van der Waals surface area contributed by atoms with Gasteiger partial charge in [0, 0.05) is 0 Å². The van der Waals surface area contributed by atoms with Crippen LogP contribution in [0.25, 0.3) is 0 Å². The first-order valence-corrected chi connectivity index (χ1v) is 6.13. The number of benzene rings is 1. The molecule has 0 aliphatic heterocycles. The lowest BCUT2D eigenvalue weighted by molar-refractivity contribution is -0.142. The van der Waals surface area contributed by atoms with E-state index in [1.54, 1.807) is 13.0 Å². The van der Waals surface area contributed by atoms with E-state index in [2.05, 4.69) is 28.7 Å². The fraction of sp³-hybridized carbons (Fsp3) is 0.333. The number of nitriles is 1. The Balaban J connectivity index is 3.09. The first-order valence-electron chi connectivity index (χ1n) is 5.05. The van der Waals surface area contributed by atoms with Crippen molar-refractivity contribution in [3.8, 4) is 11.8 Å². The topological polar surface area (TPSA) is 59.3 Å². The van der Waals surface area contributed by atoms with Crippen LogP contribution < -0.4 is 4.74 Å². The van der Waals surface area contributed by atoms with Gasteiger partial charge in [0.15, 0.2) is 0 Å². The van der Waals surface area contributed by atoms with Crippen LogP contribution in [-0.4, -0.2) is 19.7 Å². The minimum absolute atomic E-state index is 0.0873. The fourth-order valence-corrected chi connectivity index (χ4v) is 2.10. The Labute approximate surface area is 114 Å². The van der Waals surface area contributed by atoms with E-state index in [4.69, 9.17) is 14.7 Å². The largest absolute Gasteiger partial charge is 0.494 e. The number of rotatable bonds is 4. The third kappa shape index (κ3) is 3.33. The molecule has 0 N–H and O–H groups in total. The molecule has 4 nitrogen and oxygen atoms in total. The molecule has 1 aromatic carbocycles. The Hall–Kier alpha value is -1.29. The maximum atomic E-state index is 11.4. The zero-order chi connectivity index (χ0) is 12.8. The summed E-state index contributed by atoms with van der Waals surface area (Å²) >= 11 is 2.08. The number of hydrogen-bond acceptors (Lipinski definition) is 4. The highest BCUT2D eigenvalue weighted by Crippen LogP contribution is 2.28. The molecular formula is C12H12INO3.